The van der Waals surface area contributed by atoms with E-state index in [9.17, 15) is 0 Å². The third-order valence-electron chi connectivity index (χ3n) is 11.0. The summed E-state index contributed by atoms with van der Waals surface area (Å²) < 4.78 is 0.123. The molecule has 0 aliphatic heterocycles. The predicted octanol–water partition coefficient (Wildman–Crippen LogP) is 13.3. The number of hydrogen-bond donors (Lipinski definition) is 0. The van der Waals surface area contributed by atoms with Crippen molar-refractivity contribution in [2.45, 2.75) is 44.0 Å². The zero-order chi connectivity index (χ0) is 37.2. The fraction of sp³-hybridized carbons (Fsp3) is 0.217. The van der Waals surface area contributed by atoms with Crippen LogP contribution in [-0.2, 0) is 37.3 Å². The Balaban J connectivity index is 1.41. The molecule has 0 saturated heterocycles. The fourth-order valence-electron chi connectivity index (χ4n) is 8.65. The van der Waals surface area contributed by atoms with Gasteiger partial charge in [-0.2, -0.15) is 0 Å². The third kappa shape index (κ3) is 7.02. The van der Waals surface area contributed by atoms with Crippen LogP contribution in [0.1, 0.15) is 43.4 Å². The van der Waals surface area contributed by atoms with Crippen LogP contribution in [0.25, 0.3) is 34.4 Å². The van der Waals surface area contributed by atoms with E-state index >= 15 is 0 Å². The van der Waals surface area contributed by atoms with Crippen LogP contribution < -0.4 is 0 Å². The number of rotatable bonds is 15. The van der Waals surface area contributed by atoms with E-state index in [1.807, 2.05) is 24.3 Å². The van der Waals surface area contributed by atoms with Crippen molar-refractivity contribution < 1.29 is 15.6 Å². The second-order valence-corrected chi connectivity index (χ2v) is 61.3. The molecule has 2 aliphatic rings. The molecule has 0 aromatic heterocycles. The average molecular weight is 858 g/mol. The van der Waals surface area contributed by atoms with E-state index in [1.54, 1.807) is 0 Å². The quantitative estimate of drug-likeness (QED) is 0.0635. The second-order valence-electron chi connectivity index (χ2n) is 14.5. The van der Waals surface area contributed by atoms with Crippen LogP contribution in [-0.4, -0.2) is 28.9 Å². The Bertz CT molecular complexity index is 1910. The first-order valence-electron chi connectivity index (χ1n) is 18.2. The zero-order valence-electron chi connectivity index (χ0n) is 31.0. The Morgan fingerprint density at radius 2 is 0.923 bits per heavy atom. The van der Waals surface area contributed by atoms with E-state index in [0.717, 1.165) is 23.0 Å². The molecular weight excluding hydrogens is 807 g/mol. The first kappa shape index (κ1) is 39.4. The van der Waals surface area contributed by atoms with E-state index in [2.05, 4.69) is 150 Å². The van der Waals surface area contributed by atoms with Gasteiger partial charge in [-0.05, 0) is 0 Å². The maximum atomic E-state index is 8.54. The van der Waals surface area contributed by atoms with Crippen molar-refractivity contribution in [3.8, 4) is 22.3 Å². The maximum absolute atomic E-state index is 8.54. The summed E-state index contributed by atoms with van der Waals surface area (Å²) in [4.78, 5) is 2.70. The summed E-state index contributed by atoms with van der Waals surface area (Å²) in [6, 6.07) is 31.9. The molecule has 2 atom stereocenters. The van der Waals surface area contributed by atoms with Crippen LogP contribution >= 0.6 is 17.0 Å². The molecule has 0 radical (unpaired) electrons. The van der Waals surface area contributed by atoms with Gasteiger partial charge in [-0.25, -0.2) is 0 Å². The predicted molar refractivity (Wildman–Crippen MR) is 239 cm³/mol. The second kappa shape index (κ2) is 16.2. The van der Waals surface area contributed by atoms with Gasteiger partial charge in [-0.1, -0.05) is 0 Å². The molecule has 0 nitrogen and oxygen atoms in total. The van der Waals surface area contributed by atoms with Crippen molar-refractivity contribution in [1.82, 2.24) is 0 Å². The third-order valence-corrected chi connectivity index (χ3v) is 67.7. The van der Waals surface area contributed by atoms with Crippen molar-refractivity contribution in [2.24, 2.45) is 0 Å². The van der Waals surface area contributed by atoms with Crippen molar-refractivity contribution in [2.75, 3.05) is 23.0 Å². The standard InChI is InChI=1S/2C22H22S.C2H7Si.2ClH.Zr/c2*1-4-13-23(14-5-2)20-11-9-18(10-12-20)21-8-6-7-19-15-17(3)16-22(19)21;1-3-2;;;/h2*4-12,15-16H,1-2,13-14H2,3H3;3H,1-2H3;2*1H;/q2*+1;;;;+2/p-2. The molecule has 2 unspecified atom stereocenters. The first-order valence-corrected chi connectivity index (χ1v) is 37.6. The Kier molecular flexibility index (Phi) is 12.3. The summed E-state index contributed by atoms with van der Waals surface area (Å²) in [6.07, 6.45) is 12.9. The molecule has 0 spiro atoms. The van der Waals surface area contributed by atoms with Crippen molar-refractivity contribution >= 4 is 56.9 Å². The molecule has 0 saturated carbocycles. The van der Waals surface area contributed by atoms with Crippen LogP contribution in [0.5, 0.6) is 0 Å². The molecule has 0 amide bonds. The molecule has 6 rings (SSSR count). The van der Waals surface area contributed by atoms with Crippen LogP contribution in [0.3, 0.4) is 0 Å². The van der Waals surface area contributed by atoms with Gasteiger partial charge in [0.15, 0.2) is 0 Å². The van der Waals surface area contributed by atoms with Gasteiger partial charge in [0.2, 0.25) is 0 Å². The van der Waals surface area contributed by atoms with E-state index in [-0.39, 0.29) is 29.0 Å². The average Bonchev–Trinajstić information content (AvgIpc) is 3.68. The summed E-state index contributed by atoms with van der Waals surface area (Å²) in [5.41, 5.74) is 12.8. The van der Waals surface area contributed by atoms with E-state index < -0.39 is 21.5 Å². The molecule has 6 heteroatoms. The summed E-state index contributed by atoms with van der Waals surface area (Å²) in [5, 5.41) is 0. The van der Waals surface area contributed by atoms with E-state index in [1.165, 1.54) is 65.4 Å². The number of allylic oxidation sites excluding steroid dienone is 2. The Hall–Kier alpha value is -2.30. The normalized spacial score (nSPS) is 17.3. The zero-order valence-corrected chi connectivity index (χ0v) is 37.8. The Morgan fingerprint density at radius 3 is 1.23 bits per heavy atom. The molecule has 4 aromatic carbocycles. The molecule has 0 bridgehead atoms. The minimum absolute atomic E-state index is 0.0617. The van der Waals surface area contributed by atoms with Gasteiger partial charge in [0.1, 0.15) is 0 Å². The molecule has 0 heterocycles. The van der Waals surface area contributed by atoms with Gasteiger partial charge in [-0.3, -0.25) is 0 Å². The minimum atomic E-state index is -4.79. The van der Waals surface area contributed by atoms with E-state index in [0.29, 0.717) is 0 Å². The van der Waals surface area contributed by atoms with E-state index in [4.69, 9.17) is 17.0 Å². The first-order chi connectivity index (χ1) is 25.0. The van der Waals surface area contributed by atoms with Crippen LogP contribution in [0.15, 0.2) is 156 Å². The fourth-order valence-corrected chi connectivity index (χ4v) is 44.8. The van der Waals surface area contributed by atoms with Crippen molar-refractivity contribution in [1.29, 1.82) is 0 Å². The molecule has 2 aliphatic carbocycles. The molecule has 267 valence electrons. The van der Waals surface area contributed by atoms with Gasteiger partial charge in [0.25, 0.3) is 0 Å². The number of hydrogen-bond acceptors (Lipinski definition) is 0. The van der Waals surface area contributed by atoms with Gasteiger partial charge >= 0.3 is 331 Å². The number of fused-ring (bicyclic) bond motifs is 2. The molecule has 52 heavy (non-hydrogen) atoms. The molecule has 0 N–H and O–H groups in total. The summed E-state index contributed by atoms with van der Waals surface area (Å²) in [7, 11) is 17.3. The van der Waals surface area contributed by atoms with Crippen LogP contribution in [0, 0.1) is 0 Å². The van der Waals surface area contributed by atoms with Gasteiger partial charge < -0.3 is 0 Å². The molecule has 4 aromatic rings. The van der Waals surface area contributed by atoms with Gasteiger partial charge in [-0.15, -0.1) is 0 Å². The molecule has 0 fully saturated rings. The summed E-state index contributed by atoms with van der Waals surface area (Å²) >= 11 is -4.79. The van der Waals surface area contributed by atoms with Crippen LogP contribution in [0.2, 0.25) is 13.1 Å². The topological polar surface area (TPSA) is 0 Å². The number of benzene rings is 4. The van der Waals surface area contributed by atoms with Crippen molar-refractivity contribution in [3.63, 3.8) is 0 Å². The van der Waals surface area contributed by atoms with Gasteiger partial charge in [0, 0.05) is 0 Å². The summed E-state index contributed by atoms with van der Waals surface area (Å²) in [6.45, 7) is 25.4. The summed E-state index contributed by atoms with van der Waals surface area (Å²) in [5.74, 6) is 2.24. The number of halogens is 2. The van der Waals surface area contributed by atoms with Crippen LogP contribution in [0.4, 0.5) is 0 Å². The molecular formula is C46H51Cl2S2SiZr+2. The monoisotopic (exact) mass is 855 g/mol. The van der Waals surface area contributed by atoms with Crippen molar-refractivity contribution in [3.05, 3.63) is 169 Å². The SMILES string of the molecule is C=CC[S+](CC=C)c1ccc(-c2cccc3c2C=C(C)[CH]3[Zr]([Cl])([Cl])([CH]2C(C)=Cc3c(-c4ccc([S+](CC=C)CC=C)cc4)cccc32)[SiH](C)C)cc1. The Morgan fingerprint density at radius 1 is 0.577 bits per heavy atom. The van der Waals surface area contributed by atoms with Gasteiger partial charge in [0.05, 0.1) is 0 Å². The Labute approximate surface area is 327 Å².